The molecule has 6 heteroatoms. The van der Waals surface area contributed by atoms with E-state index >= 15 is 0 Å². The van der Waals surface area contributed by atoms with Gasteiger partial charge in [-0.3, -0.25) is 9.59 Å². The van der Waals surface area contributed by atoms with Crippen molar-refractivity contribution >= 4 is 5.78 Å². The molecule has 2 aromatic heterocycles. The highest BCUT2D eigenvalue weighted by atomic mass is 16.5. The number of ketones is 1. The van der Waals surface area contributed by atoms with Crippen molar-refractivity contribution in [3.05, 3.63) is 45.4 Å². The molecule has 6 nitrogen and oxygen atoms in total. The molecule has 0 unspecified atom stereocenters. The molecule has 170 valence electrons. The number of carbonyl (C=O) groups excluding carboxylic acids is 1. The molecular formula is C26H32N2O4. The Labute approximate surface area is 189 Å². The molecule has 0 amide bonds. The SMILES string of the molecule is COCCCOc1cc2c(nc1C1CC1)-c1cc(=O)c(C(C)=O)cn1[C@H]1[C@@H]2CCC1(C)C. The third-order valence-corrected chi connectivity index (χ3v) is 7.44. The zero-order chi connectivity index (χ0) is 22.6. The zero-order valence-electron chi connectivity index (χ0n) is 19.4. The van der Waals surface area contributed by atoms with Gasteiger partial charge in [-0.2, -0.15) is 0 Å². The lowest BCUT2D eigenvalue weighted by atomic mass is 9.78. The van der Waals surface area contributed by atoms with Gasteiger partial charge in [-0.05, 0) is 49.7 Å². The third kappa shape index (κ3) is 3.49. The molecule has 0 bridgehead atoms. The summed E-state index contributed by atoms with van der Waals surface area (Å²) in [6.45, 7) is 7.31. The van der Waals surface area contributed by atoms with E-state index in [1.54, 1.807) is 19.4 Å². The summed E-state index contributed by atoms with van der Waals surface area (Å²) in [5.41, 5.74) is 4.00. The van der Waals surface area contributed by atoms with Crippen LogP contribution in [0.4, 0.5) is 0 Å². The Bertz CT molecular complexity index is 1130. The summed E-state index contributed by atoms with van der Waals surface area (Å²) in [5.74, 6) is 1.42. The monoisotopic (exact) mass is 436 g/mol. The molecule has 2 saturated carbocycles. The first kappa shape index (κ1) is 21.4. The van der Waals surface area contributed by atoms with Gasteiger partial charge in [0.25, 0.3) is 0 Å². The van der Waals surface area contributed by atoms with Gasteiger partial charge in [0.05, 0.1) is 29.3 Å². The van der Waals surface area contributed by atoms with Crippen LogP contribution in [0.1, 0.15) is 92.4 Å². The lowest BCUT2D eigenvalue weighted by Crippen LogP contribution is -2.32. The van der Waals surface area contributed by atoms with Crippen LogP contribution in [0.25, 0.3) is 11.4 Å². The predicted molar refractivity (Wildman–Crippen MR) is 123 cm³/mol. The quantitative estimate of drug-likeness (QED) is 0.458. The maximum absolute atomic E-state index is 12.8. The van der Waals surface area contributed by atoms with Crippen LogP contribution in [0, 0.1) is 5.41 Å². The molecule has 0 spiro atoms. The average molecular weight is 437 g/mol. The van der Waals surface area contributed by atoms with Gasteiger partial charge in [0, 0.05) is 50.3 Å². The second-order valence-corrected chi connectivity index (χ2v) is 10.3. The van der Waals surface area contributed by atoms with Crippen molar-refractivity contribution in [2.75, 3.05) is 20.3 Å². The van der Waals surface area contributed by atoms with Crippen LogP contribution in [-0.2, 0) is 4.74 Å². The van der Waals surface area contributed by atoms with E-state index in [-0.39, 0.29) is 34.2 Å². The van der Waals surface area contributed by atoms with E-state index in [1.807, 2.05) is 0 Å². The van der Waals surface area contributed by atoms with Crippen LogP contribution in [0.2, 0.25) is 0 Å². The summed E-state index contributed by atoms with van der Waals surface area (Å²) in [6.07, 6.45) is 7.01. The van der Waals surface area contributed by atoms with Crippen molar-refractivity contribution in [3.63, 3.8) is 0 Å². The van der Waals surface area contributed by atoms with Gasteiger partial charge in [0.1, 0.15) is 5.75 Å². The minimum Gasteiger partial charge on any atom is -0.492 e. The van der Waals surface area contributed by atoms with Gasteiger partial charge < -0.3 is 14.0 Å². The Morgan fingerprint density at radius 2 is 2.00 bits per heavy atom. The van der Waals surface area contributed by atoms with Crippen molar-refractivity contribution in [3.8, 4) is 17.1 Å². The van der Waals surface area contributed by atoms with E-state index < -0.39 is 0 Å². The fourth-order valence-corrected chi connectivity index (χ4v) is 5.67. The van der Waals surface area contributed by atoms with E-state index in [2.05, 4.69) is 24.5 Å². The standard InChI is InChI=1S/C26H32N2O4/c1-15(29)19-14-28-20(13-21(19)30)24-18(17-8-9-26(2,3)25(17)28)12-22(32-11-5-10-31-4)23(27-24)16-6-7-16/h12-14,16-17,25H,5-11H2,1-4H3/t17-,25+/m1/s1. The van der Waals surface area contributed by atoms with Gasteiger partial charge in [0.15, 0.2) is 11.2 Å². The Morgan fingerprint density at radius 1 is 1.22 bits per heavy atom. The van der Waals surface area contributed by atoms with Crippen molar-refractivity contribution in [1.82, 2.24) is 9.55 Å². The van der Waals surface area contributed by atoms with Crippen LogP contribution >= 0.6 is 0 Å². The molecule has 32 heavy (non-hydrogen) atoms. The second-order valence-electron chi connectivity index (χ2n) is 10.3. The maximum atomic E-state index is 12.8. The first-order valence-corrected chi connectivity index (χ1v) is 11.8. The summed E-state index contributed by atoms with van der Waals surface area (Å²) < 4.78 is 13.6. The molecule has 2 fully saturated rings. The van der Waals surface area contributed by atoms with Gasteiger partial charge >= 0.3 is 0 Å². The maximum Gasteiger partial charge on any atom is 0.193 e. The van der Waals surface area contributed by atoms with Crippen molar-refractivity contribution < 1.29 is 14.3 Å². The third-order valence-electron chi connectivity index (χ3n) is 7.44. The first-order chi connectivity index (χ1) is 15.3. The largest absolute Gasteiger partial charge is 0.492 e. The van der Waals surface area contributed by atoms with E-state index in [4.69, 9.17) is 14.5 Å². The molecular weight excluding hydrogens is 404 g/mol. The number of fused-ring (bicyclic) bond motifs is 6. The number of methoxy groups -OCH3 is 1. The Hall–Kier alpha value is -2.47. The molecule has 2 aliphatic carbocycles. The number of hydrogen-bond acceptors (Lipinski definition) is 5. The van der Waals surface area contributed by atoms with Crippen LogP contribution in [0.5, 0.6) is 5.75 Å². The normalized spacial score (nSPS) is 22.8. The van der Waals surface area contributed by atoms with Gasteiger partial charge in [0.2, 0.25) is 0 Å². The van der Waals surface area contributed by atoms with Crippen LogP contribution in [-0.4, -0.2) is 35.7 Å². The summed E-state index contributed by atoms with van der Waals surface area (Å²) in [4.78, 5) is 30.1. The Morgan fingerprint density at radius 3 is 2.69 bits per heavy atom. The van der Waals surface area contributed by atoms with E-state index in [1.165, 1.54) is 12.5 Å². The van der Waals surface area contributed by atoms with Gasteiger partial charge in [-0.25, -0.2) is 4.98 Å². The topological polar surface area (TPSA) is 70.4 Å². The smallest absolute Gasteiger partial charge is 0.193 e. The van der Waals surface area contributed by atoms with E-state index in [0.29, 0.717) is 19.1 Å². The second kappa shape index (κ2) is 7.84. The Kier molecular flexibility index (Phi) is 5.24. The molecule has 2 atom stereocenters. The fraction of sp³-hybridized carbons (Fsp3) is 0.577. The number of aromatic nitrogens is 2. The highest BCUT2D eigenvalue weighted by molar-refractivity contribution is 5.94. The number of nitrogens with zero attached hydrogens (tertiary/aromatic N) is 2. The molecule has 2 aromatic rings. The lowest BCUT2D eigenvalue weighted by molar-refractivity contribution is 0.101. The average Bonchev–Trinajstić information content (AvgIpc) is 3.54. The number of pyridine rings is 2. The Balaban J connectivity index is 1.67. The molecule has 3 heterocycles. The summed E-state index contributed by atoms with van der Waals surface area (Å²) in [6, 6.07) is 4.01. The summed E-state index contributed by atoms with van der Waals surface area (Å²) in [5, 5.41) is 0. The zero-order valence-corrected chi connectivity index (χ0v) is 19.4. The van der Waals surface area contributed by atoms with Crippen LogP contribution in [0.15, 0.2) is 23.1 Å². The summed E-state index contributed by atoms with van der Waals surface area (Å²) >= 11 is 0. The summed E-state index contributed by atoms with van der Waals surface area (Å²) in [7, 11) is 1.70. The number of ether oxygens (including phenoxy) is 2. The molecule has 5 rings (SSSR count). The molecule has 0 saturated heterocycles. The first-order valence-electron chi connectivity index (χ1n) is 11.8. The molecule has 1 aliphatic heterocycles. The number of hydrogen-bond donors (Lipinski definition) is 0. The highest BCUT2D eigenvalue weighted by Crippen LogP contribution is 2.59. The molecule has 3 aliphatic rings. The number of Topliss-reactive ketones (excluding diaryl/α,β-unsaturated/α-hetero) is 1. The van der Waals surface area contributed by atoms with Crippen LogP contribution < -0.4 is 10.2 Å². The van der Waals surface area contributed by atoms with Crippen molar-refractivity contribution in [1.29, 1.82) is 0 Å². The lowest BCUT2D eigenvalue weighted by Gasteiger charge is -2.39. The molecule has 0 N–H and O–H groups in total. The van der Waals surface area contributed by atoms with Gasteiger partial charge in [-0.1, -0.05) is 13.8 Å². The number of carbonyl (C=O) groups is 1. The van der Waals surface area contributed by atoms with Gasteiger partial charge in [-0.15, -0.1) is 0 Å². The highest BCUT2D eigenvalue weighted by Gasteiger charge is 2.48. The fourth-order valence-electron chi connectivity index (χ4n) is 5.67. The van der Waals surface area contributed by atoms with Crippen molar-refractivity contribution in [2.24, 2.45) is 5.41 Å². The minimum absolute atomic E-state index is 0.0505. The van der Waals surface area contributed by atoms with Crippen LogP contribution in [0.3, 0.4) is 0 Å². The number of rotatable bonds is 7. The molecule has 0 aromatic carbocycles. The van der Waals surface area contributed by atoms with E-state index in [0.717, 1.165) is 54.9 Å². The minimum atomic E-state index is -0.224. The van der Waals surface area contributed by atoms with Crippen molar-refractivity contribution in [2.45, 2.75) is 70.8 Å². The van der Waals surface area contributed by atoms with E-state index in [9.17, 15) is 9.59 Å². The predicted octanol–water partition coefficient (Wildman–Crippen LogP) is 4.86. The molecule has 0 radical (unpaired) electrons.